The van der Waals surface area contributed by atoms with Gasteiger partial charge in [0.05, 0.1) is 21.5 Å². The number of carbonyl (C=O) groups is 1. The molecule has 0 radical (unpaired) electrons. The molecule has 0 fully saturated rings. The second-order valence-electron chi connectivity index (χ2n) is 6.27. The molecule has 1 N–H and O–H groups in total. The Morgan fingerprint density at radius 2 is 2.00 bits per heavy atom. The SMILES string of the molecule is CN(C)S(=O)(=O)c1ccc(Cl)c(C(=O)NC2CCSc3ccc(F)cc32)c1. The smallest absolute Gasteiger partial charge is 0.253 e. The molecular formula is C18H18ClFN2O3S2. The summed E-state index contributed by atoms with van der Waals surface area (Å²) in [6, 6.07) is 8.15. The number of sulfonamides is 1. The Hall–Kier alpha value is -1.61. The minimum atomic E-state index is -3.70. The molecule has 2 aromatic carbocycles. The van der Waals surface area contributed by atoms with E-state index in [9.17, 15) is 17.6 Å². The number of nitrogens with zero attached hydrogens (tertiary/aromatic N) is 1. The maximum absolute atomic E-state index is 13.6. The summed E-state index contributed by atoms with van der Waals surface area (Å²) in [5.74, 6) is -0.0812. The van der Waals surface area contributed by atoms with Gasteiger partial charge in [0.1, 0.15) is 5.82 Å². The van der Waals surface area contributed by atoms with Crippen LogP contribution in [-0.2, 0) is 10.0 Å². The fraction of sp³-hybridized carbons (Fsp3) is 0.278. The summed E-state index contributed by atoms with van der Waals surface area (Å²) in [6.07, 6.45) is 0.639. The molecule has 1 atom stereocenters. The maximum Gasteiger partial charge on any atom is 0.253 e. The zero-order valence-corrected chi connectivity index (χ0v) is 17.1. The first kappa shape index (κ1) is 20.1. The number of benzene rings is 2. The third-order valence-corrected chi connectivity index (χ3v) is 7.54. The fourth-order valence-electron chi connectivity index (χ4n) is 2.80. The van der Waals surface area contributed by atoms with Crippen molar-refractivity contribution >= 4 is 39.3 Å². The Balaban J connectivity index is 1.91. The Kier molecular flexibility index (Phi) is 5.81. The zero-order valence-electron chi connectivity index (χ0n) is 14.7. The van der Waals surface area contributed by atoms with Crippen molar-refractivity contribution < 1.29 is 17.6 Å². The summed E-state index contributed by atoms with van der Waals surface area (Å²) in [5, 5.41) is 3.00. The summed E-state index contributed by atoms with van der Waals surface area (Å²) < 4.78 is 39.3. The molecule has 1 unspecified atom stereocenters. The van der Waals surface area contributed by atoms with Gasteiger partial charge in [0.2, 0.25) is 10.0 Å². The number of fused-ring (bicyclic) bond motifs is 1. The van der Waals surface area contributed by atoms with Gasteiger partial charge in [-0.3, -0.25) is 4.79 Å². The minimum Gasteiger partial charge on any atom is -0.345 e. The van der Waals surface area contributed by atoms with Gasteiger partial charge in [-0.15, -0.1) is 11.8 Å². The van der Waals surface area contributed by atoms with Crippen LogP contribution in [-0.4, -0.2) is 38.5 Å². The van der Waals surface area contributed by atoms with E-state index in [4.69, 9.17) is 11.6 Å². The first-order valence-electron chi connectivity index (χ1n) is 8.15. The average Bonchev–Trinajstić information content (AvgIpc) is 2.62. The van der Waals surface area contributed by atoms with Crippen LogP contribution in [0.15, 0.2) is 46.2 Å². The van der Waals surface area contributed by atoms with Crippen LogP contribution in [0, 0.1) is 5.82 Å². The van der Waals surface area contributed by atoms with Gasteiger partial charge < -0.3 is 5.32 Å². The van der Waals surface area contributed by atoms with E-state index in [0.29, 0.717) is 12.0 Å². The molecule has 3 rings (SSSR count). The summed E-state index contributed by atoms with van der Waals surface area (Å²) in [5.41, 5.74) is 0.781. The second-order valence-corrected chi connectivity index (χ2v) is 9.97. The van der Waals surface area contributed by atoms with Crippen LogP contribution in [0.2, 0.25) is 5.02 Å². The van der Waals surface area contributed by atoms with Crippen molar-refractivity contribution in [3.63, 3.8) is 0 Å². The number of thioether (sulfide) groups is 1. The van der Waals surface area contributed by atoms with Crippen molar-refractivity contribution in [3.05, 3.63) is 58.4 Å². The van der Waals surface area contributed by atoms with Crippen molar-refractivity contribution in [2.24, 2.45) is 0 Å². The standard InChI is InChI=1S/C18H18ClFN2O3S2/c1-22(2)27(24,25)12-4-5-15(19)13(10-12)18(23)21-16-7-8-26-17-6-3-11(20)9-14(16)17/h3-6,9-10,16H,7-8H2,1-2H3,(H,21,23). The molecule has 0 aromatic heterocycles. The molecule has 0 saturated heterocycles. The fourth-order valence-corrected chi connectivity index (χ4v) is 5.04. The lowest BCUT2D eigenvalue weighted by Gasteiger charge is -2.26. The van der Waals surface area contributed by atoms with E-state index in [-0.39, 0.29) is 27.3 Å². The molecule has 2 aromatic rings. The number of carbonyl (C=O) groups excluding carboxylic acids is 1. The third kappa shape index (κ3) is 4.13. The number of rotatable bonds is 4. The van der Waals surface area contributed by atoms with E-state index in [1.54, 1.807) is 17.8 Å². The number of halogens is 2. The van der Waals surface area contributed by atoms with Gasteiger partial charge in [0, 0.05) is 24.7 Å². The lowest BCUT2D eigenvalue weighted by Crippen LogP contribution is -2.31. The topological polar surface area (TPSA) is 66.5 Å². The minimum absolute atomic E-state index is 0.0207. The first-order valence-corrected chi connectivity index (χ1v) is 11.0. The van der Waals surface area contributed by atoms with Crippen LogP contribution in [0.4, 0.5) is 4.39 Å². The molecule has 0 saturated carbocycles. The van der Waals surface area contributed by atoms with E-state index >= 15 is 0 Å². The molecule has 1 amide bonds. The van der Waals surface area contributed by atoms with Crippen LogP contribution < -0.4 is 5.32 Å². The van der Waals surface area contributed by atoms with Crippen molar-refractivity contribution in [3.8, 4) is 0 Å². The highest BCUT2D eigenvalue weighted by molar-refractivity contribution is 7.99. The number of nitrogens with one attached hydrogen (secondary N) is 1. The highest BCUT2D eigenvalue weighted by Crippen LogP contribution is 2.36. The van der Waals surface area contributed by atoms with Gasteiger partial charge in [-0.25, -0.2) is 17.1 Å². The summed E-state index contributed by atoms with van der Waals surface area (Å²) in [6.45, 7) is 0. The Morgan fingerprint density at radius 1 is 1.26 bits per heavy atom. The van der Waals surface area contributed by atoms with E-state index in [0.717, 1.165) is 15.0 Å². The van der Waals surface area contributed by atoms with Gasteiger partial charge in [-0.05, 0) is 48.4 Å². The molecule has 144 valence electrons. The van der Waals surface area contributed by atoms with Gasteiger partial charge in [-0.2, -0.15) is 0 Å². The van der Waals surface area contributed by atoms with Gasteiger partial charge in [0.15, 0.2) is 0 Å². The predicted octanol–water partition coefficient (Wildman–Crippen LogP) is 3.70. The predicted molar refractivity (Wildman–Crippen MR) is 104 cm³/mol. The van der Waals surface area contributed by atoms with Crippen molar-refractivity contribution in [2.75, 3.05) is 19.8 Å². The zero-order chi connectivity index (χ0) is 19.8. The van der Waals surface area contributed by atoms with E-state index in [2.05, 4.69) is 5.32 Å². The third-order valence-electron chi connectivity index (χ3n) is 4.28. The first-order chi connectivity index (χ1) is 12.7. The molecule has 0 spiro atoms. The molecule has 1 heterocycles. The summed E-state index contributed by atoms with van der Waals surface area (Å²) in [7, 11) is -0.872. The van der Waals surface area contributed by atoms with Crippen LogP contribution in [0.5, 0.6) is 0 Å². The lowest BCUT2D eigenvalue weighted by atomic mass is 10.0. The largest absolute Gasteiger partial charge is 0.345 e. The van der Waals surface area contributed by atoms with Crippen molar-refractivity contribution in [1.82, 2.24) is 9.62 Å². The summed E-state index contributed by atoms with van der Waals surface area (Å²) >= 11 is 7.74. The Morgan fingerprint density at radius 3 is 2.70 bits per heavy atom. The lowest BCUT2D eigenvalue weighted by molar-refractivity contribution is 0.0935. The molecule has 0 aliphatic carbocycles. The second kappa shape index (κ2) is 7.79. The van der Waals surface area contributed by atoms with Crippen LogP contribution in [0.3, 0.4) is 0 Å². The van der Waals surface area contributed by atoms with Crippen molar-refractivity contribution in [1.29, 1.82) is 0 Å². The van der Waals surface area contributed by atoms with E-state index < -0.39 is 15.9 Å². The van der Waals surface area contributed by atoms with Gasteiger partial charge in [-0.1, -0.05) is 11.6 Å². The van der Waals surface area contributed by atoms with Gasteiger partial charge in [0.25, 0.3) is 5.91 Å². The quantitative estimate of drug-likeness (QED) is 0.806. The Bertz CT molecular complexity index is 996. The van der Waals surface area contributed by atoms with Gasteiger partial charge >= 0.3 is 0 Å². The molecule has 27 heavy (non-hydrogen) atoms. The van der Waals surface area contributed by atoms with Crippen LogP contribution >= 0.6 is 23.4 Å². The number of amides is 1. The highest BCUT2D eigenvalue weighted by Gasteiger charge is 2.25. The number of hydrogen-bond donors (Lipinski definition) is 1. The average molecular weight is 429 g/mol. The normalized spacial score (nSPS) is 16.9. The highest BCUT2D eigenvalue weighted by atomic mass is 35.5. The monoisotopic (exact) mass is 428 g/mol. The molecule has 0 bridgehead atoms. The molecular weight excluding hydrogens is 411 g/mol. The maximum atomic E-state index is 13.6. The Labute approximate surface area is 166 Å². The molecule has 5 nitrogen and oxygen atoms in total. The molecule has 9 heteroatoms. The van der Waals surface area contributed by atoms with Crippen molar-refractivity contribution in [2.45, 2.75) is 22.3 Å². The van der Waals surface area contributed by atoms with Crippen LogP contribution in [0.25, 0.3) is 0 Å². The van der Waals surface area contributed by atoms with E-state index in [1.807, 2.05) is 0 Å². The number of hydrogen-bond acceptors (Lipinski definition) is 4. The molecule has 1 aliphatic heterocycles. The van der Waals surface area contributed by atoms with E-state index in [1.165, 1.54) is 44.4 Å². The van der Waals surface area contributed by atoms with Crippen LogP contribution in [0.1, 0.15) is 28.4 Å². The molecule has 1 aliphatic rings. The summed E-state index contributed by atoms with van der Waals surface area (Å²) in [4.78, 5) is 13.7.